The number of nitrogens with zero attached hydrogens (tertiary/aromatic N) is 1. The van der Waals surface area contributed by atoms with Crippen LogP contribution in [0.4, 0.5) is 0 Å². The third kappa shape index (κ3) is 20.2. The molecule has 0 aliphatic carbocycles. The molecule has 0 saturated carbocycles. The monoisotopic (exact) mass is 374 g/mol. The molecule has 4 heteroatoms. The van der Waals surface area contributed by atoms with Crippen molar-refractivity contribution in [3.63, 3.8) is 0 Å². The normalized spacial score (nSPS) is 12.0. The highest BCUT2D eigenvalue weighted by Gasteiger charge is 2.13. The van der Waals surface area contributed by atoms with Gasteiger partial charge in [0.05, 0.1) is 53.7 Å². The van der Waals surface area contributed by atoms with Crippen LogP contribution in [0.25, 0.3) is 0 Å². The van der Waals surface area contributed by atoms with Gasteiger partial charge in [0.2, 0.25) is 0 Å². The number of ether oxygens (including phenoxy) is 2. The molecule has 0 saturated heterocycles. The minimum absolute atomic E-state index is 0.0863. The first kappa shape index (κ1) is 25.8. The van der Waals surface area contributed by atoms with E-state index in [-0.39, 0.29) is 6.61 Å². The molecule has 0 aromatic rings. The zero-order chi connectivity index (χ0) is 19.3. The highest BCUT2D eigenvalue weighted by Crippen LogP contribution is 2.12. The van der Waals surface area contributed by atoms with E-state index < -0.39 is 0 Å². The van der Waals surface area contributed by atoms with Gasteiger partial charge in [0.1, 0.15) is 6.54 Å². The van der Waals surface area contributed by atoms with E-state index >= 15 is 0 Å². The highest BCUT2D eigenvalue weighted by molar-refractivity contribution is 4.49. The molecule has 0 rings (SSSR count). The van der Waals surface area contributed by atoms with E-state index in [1.807, 2.05) is 0 Å². The van der Waals surface area contributed by atoms with Gasteiger partial charge in [-0.15, -0.1) is 0 Å². The number of rotatable bonds is 21. The van der Waals surface area contributed by atoms with E-state index in [4.69, 9.17) is 14.6 Å². The van der Waals surface area contributed by atoms with E-state index in [1.165, 1.54) is 83.6 Å². The molecule has 0 bridgehead atoms. The van der Waals surface area contributed by atoms with Crippen LogP contribution in [0.5, 0.6) is 0 Å². The first-order chi connectivity index (χ1) is 12.6. The molecule has 0 aromatic heterocycles. The Morgan fingerprint density at radius 1 is 0.577 bits per heavy atom. The van der Waals surface area contributed by atoms with E-state index in [2.05, 4.69) is 21.0 Å². The fourth-order valence-corrected chi connectivity index (χ4v) is 3.19. The van der Waals surface area contributed by atoms with E-state index in [1.54, 1.807) is 0 Å². The molecular formula is C22H48NO3+. The number of aliphatic hydroxyl groups is 1. The lowest BCUT2D eigenvalue weighted by atomic mass is 10.1. The van der Waals surface area contributed by atoms with Crippen molar-refractivity contribution in [3.8, 4) is 0 Å². The van der Waals surface area contributed by atoms with Crippen molar-refractivity contribution < 1.29 is 19.1 Å². The molecule has 0 amide bonds. The summed E-state index contributed by atoms with van der Waals surface area (Å²) < 4.78 is 11.8. The molecule has 0 atom stereocenters. The molecular weight excluding hydrogens is 326 g/mol. The van der Waals surface area contributed by atoms with Crippen molar-refractivity contribution in [2.75, 3.05) is 60.2 Å². The van der Waals surface area contributed by atoms with Gasteiger partial charge in [0.25, 0.3) is 0 Å². The van der Waals surface area contributed by atoms with Crippen LogP contribution in [0.15, 0.2) is 0 Å². The molecule has 0 aliphatic heterocycles. The number of aliphatic hydroxyl groups excluding tert-OH is 1. The van der Waals surface area contributed by atoms with Gasteiger partial charge in [-0.2, -0.15) is 0 Å². The molecule has 0 unspecified atom stereocenters. The van der Waals surface area contributed by atoms with Crippen molar-refractivity contribution in [1.29, 1.82) is 0 Å². The second kappa shape index (κ2) is 19.6. The summed E-state index contributed by atoms with van der Waals surface area (Å²) in [5.74, 6) is 0. The van der Waals surface area contributed by atoms with Gasteiger partial charge in [0, 0.05) is 0 Å². The topological polar surface area (TPSA) is 38.7 Å². The van der Waals surface area contributed by atoms with Gasteiger partial charge in [-0.25, -0.2) is 0 Å². The SMILES string of the molecule is CCCCCCCCCCCCCC[N+](C)(C)CCOCCOCCO. The van der Waals surface area contributed by atoms with Gasteiger partial charge in [-0.3, -0.25) is 0 Å². The Bertz CT molecular complexity index is 272. The Hall–Kier alpha value is -0.160. The van der Waals surface area contributed by atoms with Crippen molar-refractivity contribution in [2.24, 2.45) is 0 Å². The van der Waals surface area contributed by atoms with E-state index in [9.17, 15) is 0 Å². The average molecular weight is 375 g/mol. The van der Waals surface area contributed by atoms with Crippen LogP contribution < -0.4 is 0 Å². The Morgan fingerprint density at radius 3 is 1.54 bits per heavy atom. The molecule has 0 heterocycles. The summed E-state index contributed by atoms with van der Waals surface area (Å²) in [5.41, 5.74) is 0. The maximum atomic E-state index is 8.62. The van der Waals surface area contributed by atoms with Crippen molar-refractivity contribution in [1.82, 2.24) is 0 Å². The average Bonchev–Trinajstić information content (AvgIpc) is 2.62. The summed E-state index contributed by atoms with van der Waals surface area (Å²) in [6, 6.07) is 0. The second-order valence-corrected chi connectivity index (χ2v) is 8.22. The van der Waals surface area contributed by atoms with Crippen LogP contribution in [0, 0.1) is 0 Å². The number of unbranched alkanes of at least 4 members (excludes halogenated alkanes) is 11. The predicted octanol–water partition coefficient (Wildman–Crippen LogP) is 4.79. The smallest absolute Gasteiger partial charge is 0.102 e. The molecule has 26 heavy (non-hydrogen) atoms. The zero-order valence-electron chi connectivity index (χ0n) is 18.1. The Morgan fingerprint density at radius 2 is 1.04 bits per heavy atom. The zero-order valence-corrected chi connectivity index (χ0v) is 18.1. The predicted molar refractivity (Wildman–Crippen MR) is 112 cm³/mol. The highest BCUT2D eigenvalue weighted by atomic mass is 16.5. The van der Waals surface area contributed by atoms with Crippen molar-refractivity contribution in [3.05, 3.63) is 0 Å². The minimum Gasteiger partial charge on any atom is -0.394 e. The summed E-state index contributed by atoms with van der Waals surface area (Å²) in [4.78, 5) is 0. The first-order valence-corrected chi connectivity index (χ1v) is 11.2. The molecule has 0 aliphatic rings. The lowest BCUT2D eigenvalue weighted by Crippen LogP contribution is -2.43. The van der Waals surface area contributed by atoms with E-state index in [0.717, 1.165) is 17.6 Å². The van der Waals surface area contributed by atoms with Gasteiger partial charge >= 0.3 is 0 Å². The van der Waals surface area contributed by atoms with Gasteiger partial charge in [0.15, 0.2) is 0 Å². The quantitative estimate of drug-likeness (QED) is 0.232. The second-order valence-electron chi connectivity index (χ2n) is 8.22. The maximum absolute atomic E-state index is 8.62. The van der Waals surface area contributed by atoms with Crippen LogP contribution in [0.3, 0.4) is 0 Å². The van der Waals surface area contributed by atoms with Crippen LogP contribution in [-0.2, 0) is 9.47 Å². The number of likely N-dealkylation sites (N-methyl/N-ethyl adjacent to an activating group) is 1. The fourth-order valence-electron chi connectivity index (χ4n) is 3.19. The molecule has 0 aromatic carbocycles. The Labute approximate surface area is 163 Å². The summed E-state index contributed by atoms with van der Waals surface area (Å²) in [5, 5.41) is 8.62. The van der Waals surface area contributed by atoms with E-state index in [0.29, 0.717) is 19.8 Å². The standard InChI is InChI=1S/C22H48NO3/c1-4-5-6-7-8-9-10-11-12-13-14-15-16-23(2,3)17-19-25-21-22-26-20-18-24/h24H,4-22H2,1-3H3/q+1. The number of quaternary nitrogens is 1. The van der Waals surface area contributed by atoms with Gasteiger partial charge < -0.3 is 19.1 Å². The van der Waals surface area contributed by atoms with Gasteiger partial charge in [-0.05, 0) is 12.8 Å². The first-order valence-electron chi connectivity index (χ1n) is 11.2. The molecule has 4 nitrogen and oxygen atoms in total. The fraction of sp³-hybridized carbons (Fsp3) is 1.00. The number of hydrogen-bond acceptors (Lipinski definition) is 3. The van der Waals surface area contributed by atoms with Crippen LogP contribution in [0.1, 0.15) is 84.0 Å². The van der Waals surface area contributed by atoms with Crippen molar-refractivity contribution >= 4 is 0 Å². The molecule has 0 spiro atoms. The summed E-state index contributed by atoms with van der Waals surface area (Å²) in [7, 11) is 4.59. The lowest BCUT2D eigenvalue weighted by Gasteiger charge is -2.29. The molecule has 158 valence electrons. The molecule has 0 radical (unpaired) electrons. The Balaban J connectivity index is 3.29. The maximum Gasteiger partial charge on any atom is 0.102 e. The van der Waals surface area contributed by atoms with Gasteiger partial charge in [-0.1, -0.05) is 71.1 Å². The summed E-state index contributed by atoms with van der Waals surface area (Å²) in [6.07, 6.45) is 16.9. The Kier molecular flexibility index (Phi) is 19.5. The summed E-state index contributed by atoms with van der Waals surface area (Å²) >= 11 is 0. The third-order valence-corrected chi connectivity index (χ3v) is 5.07. The third-order valence-electron chi connectivity index (χ3n) is 5.07. The van der Waals surface area contributed by atoms with Crippen LogP contribution in [0.2, 0.25) is 0 Å². The van der Waals surface area contributed by atoms with Crippen LogP contribution >= 0.6 is 0 Å². The lowest BCUT2D eigenvalue weighted by molar-refractivity contribution is -0.891. The molecule has 0 fully saturated rings. The number of hydrogen-bond donors (Lipinski definition) is 1. The largest absolute Gasteiger partial charge is 0.394 e. The minimum atomic E-state index is 0.0863. The molecule has 1 N–H and O–H groups in total. The van der Waals surface area contributed by atoms with Crippen molar-refractivity contribution in [2.45, 2.75) is 84.0 Å². The van der Waals surface area contributed by atoms with Crippen LogP contribution in [-0.4, -0.2) is 69.8 Å². The summed E-state index contributed by atoms with van der Waals surface area (Å²) in [6.45, 7) is 7.05.